The minimum absolute atomic E-state index is 0.757. The van der Waals surface area contributed by atoms with Crippen LogP contribution >= 0.6 is 0 Å². The second-order valence-electron chi connectivity index (χ2n) is 4.80. The average Bonchev–Trinajstić information content (AvgIpc) is 2.49. The molecule has 0 aliphatic carbocycles. The normalized spacial score (nSPS) is 10.5. The summed E-state index contributed by atoms with van der Waals surface area (Å²) >= 11 is 0. The van der Waals surface area contributed by atoms with Gasteiger partial charge in [0.1, 0.15) is 7.05 Å². The molecule has 3 nitrogen and oxygen atoms in total. The van der Waals surface area contributed by atoms with Crippen molar-refractivity contribution in [1.29, 1.82) is 0 Å². The Bertz CT molecular complexity index is 736. The van der Waals surface area contributed by atoms with Crippen LogP contribution in [0.3, 0.4) is 0 Å². The van der Waals surface area contributed by atoms with Gasteiger partial charge in [0.15, 0.2) is 12.0 Å². The number of hydrogen-bond acceptors (Lipinski definition) is 2. The van der Waals surface area contributed by atoms with Crippen LogP contribution in [-0.4, -0.2) is 9.97 Å². The molecule has 1 aromatic carbocycles. The van der Waals surface area contributed by atoms with Crippen LogP contribution < -0.4 is 4.57 Å². The number of pyridine rings is 1. The van der Waals surface area contributed by atoms with Gasteiger partial charge in [-0.15, -0.1) is 0 Å². The predicted octanol–water partition coefficient (Wildman–Crippen LogP) is 2.94. The second-order valence-corrected chi connectivity index (χ2v) is 4.80. The maximum atomic E-state index is 4.32. The van der Waals surface area contributed by atoms with E-state index >= 15 is 0 Å². The lowest BCUT2D eigenvalue weighted by atomic mass is 10.0. The predicted molar refractivity (Wildman–Crippen MR) is 78.8 cm³/mol. The van der Waals surface area contributed by atoms with Crippen molar-refractivity contribution in [3.8, 4) is 22.6 Å². The van der Waals surface area contributed by atoms with Crippen LogP contribution in [0.15, 0.2) is 61.1 Å². The highest BCUT2D eigenvalue weighted by Gasteiger charge is 2.13. The van der Waals surface area contributed by atoms with E-state index in [1.54, 1.807) is 12.4 Å². The van der Waals surface area contributed by atoms with Gasteiger partial charge in [-0.25, -0.2) is 14.5 Å². The molecule has 0 saturated carbocycles. The Morgan fingerprint density at radius 1 is 0.950 bits per heavy atom. The summed E-state index contributed by atoms with van der Waals surface area (Å²) in [6.45, 7) is 2.12. The van der Waals surface area contributed by atoms with Gasteiger partial charge in [0, 0.05) is 35.7 Å². The van der Waals surface area contributed by atoms with Gasteiger partial charge in [-0.05, 0) is 30.7 Å². The summed E-state index contributed by atoms with van der Waals surface area (Å²) in [5.74, 6) is 0.757. The Hall–Kier alpha value is -2.55. The fourth-order valence-electron chi connectivity index (χ4n) is 2.29. The minimum Gasteiger partial charge on any atom is -0.237 e. The third-order valence-electron chi connectivity index (χ3n) is 3.39. The van der Waals surface area contributed by atoms with Gasteiger partial charge in [0.2, 0.25) is 5.69 Å². The molecule has 0 unspecified atom stereocenters. The highest BCUT2D eigenvalue weighted by molar-refractivity contribution is 5.69. The third-order valence-corrected chi connectivity index (χ3v) is 3.39. The van der Waals surface area contributed by atoms with Crippen LogP contribution in [0.1, 0.15) is 5.56 Å². The van der Waals surface area contributed by atoms with E-state index in [0.29, 0.717) is 0 Å². The van der Waals surface area contributed by atoms with E-state index in [1.165, 1.54) is 16.8 Å². The molecule has 2 aromatic heterocycles. The summed E-state index contributed by atoms with van der Waals surface area (Å²) < 4.78 is 2.12. The van der Waals surface area contributed by atoms with Crippen molar-refractivity contribution in [1.82, 2.24) is 9.97 Å². The quantitative estimate of drug-likeness (QED) is 0.665. The van der Waals surface area contributed by atoms with Gasteiger partial charge in [-0.3, -0.25) is 0 Å². The van der Waals surface area contributed by atoms with E-state index < -0.39 is 0 Å². The summed E-state index contributed by atoms with van der Waals surface area (Å²) in [6.07, 6.45) is 5.59. The lowest BCUT2D eigenvalue weighted by Gasteiger charge is -2.07. The summed E-state index contributed by atoms with van der Waals surface area (Å²) in [5.41, 5.74) is 4.67. The van der Waals surface area contributed by atoms with Crippen molar-refractivity contribution in [2.24, 2.45) is 7.05 Å². The number of aromatic nitrogens is 3. The summed E-state index contributed by atoms with van der Waals surface area (Å²) in [5, 5.41) is 0. The molecule has 3 heteroatoms. The Labute approximate surface area is 118 Å². The van der Waals surface area contributed by atoms with Crippen LogP contribution in [-0.2, 0) is 7.05 Å². The van der Waals surface area contributed by atoms with Crippen LogP contribution in [0.25, 0.3) is 22.6 Å². The van der Waals surface area contributed by atoms with Crippen molar-refractivity contribution < 1.29 is 4.57 Å². The van der Waals surface area contributed by atoms with Crippen molar-refractivity contribution in [2.75, 3.05) is 0 Å². The third kappa shape index (κ3) is 2.30. The number of aryl methyl sites for hydroxylation is 2. The van der Waals surface area contributed by atoms with Crippen LogP contribution in [0.5, 0.6) is 0 Å². The molecule has 0 saturated heterocycles. The highest BCUT2D eigenvalue weighted by Crippen LogP contribution is 2.25. The largest absolute Gasteiger partial charge is 0.237 e. The molecule has 98 valence electrons. The Morgan fingerprint density at radius 3 is 2.50 bits per heavy atom. The Kier molecular flexibility index (Phi) is 3.25. The van der Waals surface area contributed by atoms with Gasteiger partial charge < -0.3 is 0 Å². The highest BCUT2D eigenvalue weighted by atomic mass is 14.9. The molecule has 0 spiro atoms. The zero-order valence-electron chi connectivity index (χ0n) is 11.6. The molecular weight excluding hydrogens is 246 g/mol. The van der Waals surface area contributed by atoms with Gasteiger partial charge in [-0.2, -0.15) is 0 Å². The fourth-order valence-corrected chi connectivity index (χ4v) is 2.29. The minimum atomic E-state index is 0.757. The van der Waals surface area contributed by atoms with Crippen LogP contribution in [0, 0.1) is 6.92 Å². The van der Waals surface area contributed by atoms with Crippen LogP contribution in [0.2, 0.25) is 0 Å². The van der Waals surface area contributed by atoms with E-state index in [2.05, 4.69) is 65.0 Å². The van der Waals surface area contributed by atoms with E-state index in [1.807, 2.05) is 12.1 Å². The van der Waals surface area contributed by atoms with Crippen molar-refractivity contribution >= 4 is 0 Å². The van der Waals surface area contributed by atoms with Crippen LogP contribution in [0.4, 0.5) is 0 Å². The maximum absolute atomic E-state index is 4.32. The van der Waals surface area contributed by atoms with Crippen molar-refractivity contribution in [2.45, 2.75) is 6.92 Å². The number of rotatable bonds is 2. The topological polar surface area (TPSA) is 29.7 Å². The monoisotopic (exact) mass is 262 g/mol. The molecule has 0 bridgehead atoms. The Balaban J connectivity index is 2.15. The maximum Gasteiger partial charge on any atom is 0.212 e. The molecule has 0 N–H and O–H groups in total. The molecule has 0 atom stereocenters. The molecule has 2 heterocycles. The smallest absolute Gasteiger partial charge is 0.212 e. The molecule has 20 heavy (non-hydrogen) atoms. The molecule has 0 amide bonds. The first-order chi connectivity index (χ1) is 9.75. The number of hydrogen-bond donors (Lipinski definition) is 0. The summed E-state index contributed by atoms with van der Waals surface area (Å²) in [4.78, 5) is 8.64. The molecule has 3 rings (SSSR count). The fraction of sp³-hybridized carbons (Fsp3) is 0.118. The standard InChI is InChI=1S/C17H16N3/c1-13-7-8-14(17-18-9-5-10-19-17)12-15(13)16-6-3-4-11-20(16)2/h3-12H,1-2H3/q+1. The first-order valence-electron chi connectivity index (χ1n) is 6.59. The van der Waals surface area contributed by atoms with Gasteiger partial charge in [0.05, 0.1) is 0 Å². The molecule has 0 radical (unpaired) electrons. The van der Waals surface area contributed by atoms with Gasteiger partial charge in [-0.1, -0.05) is 12.1 Å². The van der Waals surface area contributed by atoms with E-state index in [4.69, 9.17) is 0 Å². The Morgan fingerprint density at radius 2 is 1.75 bits per heavy atom. The molecule has 0 aliphatic heterocycles. The van der Waals surface area contributed by atoms with Gasteiger partial charge >= 0.3 is 0 Å². The number of benzene rings is 1. The summed E-state index contributed by atoms with van der Waals surface area (Å²) in [7, 11) is 2.06. The zero-order chi connectivity index (χ0) is 13.9. The lowest BCUT2D eigenvalue weighted by Crippen LogP contribution is -2.30. The van der Waals surface area contributed by atoms with Gasteiger partial charge in [0.25, 0.3) is 0 Å². The zero-order valence-corrected chi connectivity index (χ0v) is 11.6. The second kappa shape index (κ2) is 5.21. The van der Waals surface area contributed by atoms with E-state index in [0.717, 1.165) is 11.4 Å². The molecular formula is C17H16N3+. The number of nitrogens with zero attached hydrogens (tertiary/aromatic N) is 3. The molecule has 3 aromatic rings. The SMILES string of the molecule is Cc1ccc(-c2ncccn2)cc1-c1cccc[n+]1C. The summed E-state index contributed by atoms with van der Waals surface area (Å²) in [6, 6.07) is 14.4. The lowest BCUT2D eigenvalue weighted by molar-refractivity contribution is -0.660. The van der Waals surface area contributed by atoms with E-state index in [-0.39, 0.29) is 0 Å². The first kappa shape index (κ1) is 12.5. The average molecular weight is 262 g/mol. The van der Waals surface area contributed by atoms with Crippen molar-refractivity contribution in [3.63, 3.8) is 0 Å². The molecule has 0 fully saturated rings. The first-order valence-corrected chi connectivity index (χ1v) is 6.59. The van der Waals surface area contributed by atoms with Crippen molar-refractivity contribution in [3.05, 3.63) is 66.6 Å². The van der Waals surface area contributed by atoms with E-state index in [9.17, 15) is 0 Å². The molecule has 0 aliphatic rings.